The summed E-state index contributed by atoms with van der Waals surface area (Å²) < 4.78 is 13.0. The zero-order chi connectivity index (χ0) is 18.6. The van der Waals surface area contributed by atoms with Crippen molar-refractivity contribution in [2.45, 2.75) is 12.8 Å². The minimum atomic E-state index is -0.271. The van der Waals surface area contributed by atoms with Crippen LogP contribution in [0.1, 0.15) is 23.0 Å². The Morgan fingerprint density at radius 2 is 2.11 bits per heavy atom. The smallest absolute Gasteiger partial charge is 0.177 e. The van der Waals surface area contributed by atoms with Crippen LogP contribution in [0, 0.1) is 11.3 Å². The van der Waals surface area contributed by atoms with E-state index in [0.29, 0.717) is 18.7 Å². The van der Waals surface area contributed by atoms with E-state index in [2.05, 4.69) is 21.3 Å². The molecule has 0 amide bonds. The summed E-state index contributed by atoms with van der Waals surface area (Å²) in [7, 11) is 1.66. The summed E-state index contributed by atoms with van der Waals surface area (Å²) in [5.74, 6) is 0.808. The summed E-state index contributed by atoms with van der Waals surface area (Å²) in [6.07, 6.45) is 1.63. The molecule has 0 N–H and O–H groups in total. The number of nitrogens with zero attached hydrogens (tertiary/aromatic N) is 5. The molecular weight excluding hydrogens is 342 g/mol. The lowest BCUT2D eigenvalue weighted by atomic mass is 10.1. The summed E-state index contributed by atoms with van der Waals surface area (Å²) >= 11 is 0. The van der Waals surface area contributed by atoms with Crippen molar-refractivity contribution in [3.05, 3.63) is 71.5 Å². The van der Waals surface area contributed by atoms with Crippen molar-refractivity contribution in [3.8, 4) is 11.8 Å². The second kappa shape index (κ2) is 7.48. The Hall–Kier alpha value is -3.37. The maximum Gasteiger partial charge on any atom is 0.177 e. The van der Waals surface area contributed by atoms with Crippen molar-refractivity contribution >= 4 is 5.69 Å². The van der Waals surface area contributed by atoms with Gasteiger partial charge < -0.3 is 14.4 Å². The van der Waals surface area contributed by atoms with Crippen molar-refractivity contribution in [2.75, 3.05) is 25.2 Å². The first-order chi connectivity index (χ1) is 13.3. The van der Waals surface area contributed by atoms with Crippen molar-refractivity contribution in [2.24, 2.45) is 0 Å². The molecule has 1 fully saturated rings. The summed E-state index contributed by atoms with van der Waals surface area (Å²) in [6.45, 7) is 2.00. The molecule has 0 saturated carbocycles. The predicted octanol–water partition coefficient (Wildman–Crippen LogP) is 2.74. The van der Waals surface area contributed by atoms with Gasteiger partial charge in [0.25, 0.3) is 0 Å². The van der Waals surface area contributed by atoms with Gasteiger partial charge in [-0.3, -0.25) is 0 Å². The Kier molecular flexibility index (Phi) is 4.73. The molecule has 1 aliphatic heterocycles. The molecule has 2 heterocycles. The van der Waals surface area contributed by atoms with Crippen LogP contribution in [0.4, 0.5) is 5.69 Å². The van der Waals surface area contributed by atoms with Gasteiger partial charge in [-0.15, -0.1) is 5.10 Å². The number of hydrogen-bond donors (Lipinski definition) is 0. The zero-order valence-corrected chi connectivity index (χ0v) is 14.9. The molecule has 3 aromatic rings. The molecule has 136 valence electrons. The minimum absolute atomic E-state index is 0.271. The molecule has 0 bridgehead atoms. The van der Waals surface area contributed by atoms with Crippen LogP contribution in [-0.2, 0) is 11.3 Å². The summed E-state index contributed by atoms with van der Waals surface area (Å²) in [4.78, 5) is 2.15. The highest BCUT2D eigenvalue weighted by Crippen LogP contribution is 2.32. The number of rotatable bonds is 5. The monoisotopic (exact) mass is 361 g/mol. The molecule has 0 spiro atoms. The fraction of sp³-hybridized carbons (Fsp3) is 0.250. The quantitative estimate of drug-likeness (QED) is 0.695. The third-order valence-electron chi connectivity index (χ3n) is 4.51. The maximum atomic E-state index is 8.89. The molecule has 0 unspecified atom stereocenters. The predicted molar refractivity (Wildman–Crippen MR) is 99.3 cm³/mol. The lowest BCUT2D eigenvalue weighted by Crippen LogP contribution is -2.23. The highest BCUT2D eigenvalue weighted by atomic mass is 16.5. The van der Waals surface area contributed by atoms with Crippen LogP contribution in [-0.4, -0.2) is 35.3 Å². The van der Waals surface area contributed by atoms with E-state index in [1.54, 1.807) is 23.9 Å². The van der Waals surface area contributed by atoms with Crippen molar-refractivity contribution < 1.29 is 9.47 Å². The summed E-state index contributed by atoms with van der Waals surface area (Å²) in [5.41, 5.74) is 3.50. The van der Waals surface area contributed by atoms with Gasteiger partial charge in [0.1, 0.15) is 11.4 Å². The van der Waals surface area contributed by atoms with Gasteiger partial charge in [-0.25, -0.2) is 4.68 Å². The Labute approximate surface area is 157 Å². The molecule has 1 aromatic heterocycles. The first-order valence-corrected chi connectivity index (χ1v) is 8.68. The first kappa shape index (κ1) is 17.1. The molecular formula is C20H19N5O2. The first-order valence-electron chi connectivity index (χ1n) is 8.68. The van der Waals surface area contributed by atoms with Crippen molar-refractivity contribution in [1.29, 1.82) is 5.26 Å². The van der Waals surface area contributed by atoms with Crippen molar-refractivity contribution in [3.63, 3.8) is 0 Å². The topological polar surface area (TPSA) is 76.2 Å². The summed E-state index contributed by atoms with van der Waals surface area (Å²) in [5, 5.41) is 17.4. The van der Waals surface area contributed by atoms with E-state index >= 15 is 0 Å². The molecule has 4 rings (SSSR count). The number of anilines is 1. The Morgan fingerprint density at radius 3 is 2.89 bits per heavy atom. The third-order valence-corrected chi connectivity index (χ3v) is 4.51. The average molecular weight is 361 g/mol. The molecule has 1 atom stereocenters. The molecule has 1 aliphatic rings. The third kappa shape index (κ3) is 3.61. The number of benzene rings is 2. The lowest BCUT2D eigenvalue weighted by molar-refractivity contribution is 0.110. The van der Waals surface area contributed by atoms with E-state index < -0.39 is 0 Å². The van der Waals surface area contributed by atoms with Crippen LogP contribution < -0.4 is 9.64 Å². The molecule has 0 aliphatic carbocycles. The van der Waals surface area contributed by atoms with Crippen LogP contribution in [0.25, 0.3) is 0 Å². The average Bonchev–Trinajstić information content (AvgIpc) is 3.38. The second-order valence-electron chi connectivity index (χ2n) is 6.27. The Balaban J connectivity index is 1.52. The van der Waals surface area contributed by atoms with Gasteiger partial charge >= 0.3 is 0 Å². The lowest BCUT2D eigenvalue weighted by Gasteiger charge is -2.23. The largest absolute Gasteiger partial charge is 0.497 e. The molecule has 1 saturated heterocycles. The van der Waals surface area contributed by atoms with Gasteiger partial charge in [0.05, 0.1) is 38.1 Å². The molecule has 0 radical (unpaired) electrons. The van der Waals surface area contributed by atoms with E-state index in [9.17, 15) is 0 Å². The fourth-order valence-corrected chi connectivity index (χ4v) is 3.14. The SMILES string of the molecule is COc1cccc(N2CCO[C@@H]2c2cn(Cc3ccc(C#N)cc3)nn2)c1. The Bertz CT molecular complexity index is 961. The molecule has 27 heavy (non-hydrogen) atoms. The van der Waals surface area contributed by atoms with Gasteiger partial charge in [-0.05, 0) is 29.8 Å². The maximum absolute atomic E-state index is 8.89. The molecule has 2 aromatic carbocycles. The van der Waals surface area contributed by atoms with Crippen LogP contribution in [0.3, 0.4) is 0 Å². The molecule has 7 heteroatoms. The normalized spacial score (nSPS) is 16.3. The zero-order valence-electron chi connectivity index (χ0n) is 14.9. The number of ether oxygens (including phenoxy) is 2. The number of methoxy groups -OCH3 is 1. The van der Waals surface area contributed by atoms with E-state index in [-0.39, 0.29) is 6.23 Å². The van der Waals surface area contributed by atoms with Crippen LogP contribution in [0.15, 0.2) is 54.7 Å². The van der Waals surface area contributed by atoms with Crippen LogP contribution in [0.5, 0.6) is 5.75 Å². The number of hydrogen-bond acceptors (Lipinski definition) is 6. The number of aromatic nitrogens is 3. The van der Waals surface area contributed by atoms with Gasteiger partial charge in [0, 0.05) is 18.3 Å². The standard InChI is InChI=1S/C20H19N5O2/c1-26-18-4-2-3-17(11-18)25-9-10-27-20(25)19-14-24(23-22-19)13-16-7-5-15(12-21)6-8-16/h2-8,11,14,20H,9-10,13H2,1H3/t20-/m1/s1. The fourth-order valence-electron chi connectivity index (χ4n) is 3.14. The van der Waals surface area contributed by atoms with Gasteiger partial charge in [-0.1, -0.05) is 23.4 Å². The highest BCUT2D eigenvalue weighted by molar-refractivity contribution is 5.52. The van der Waals surface area contributed by atoms with E-state index in [1.807, 2.05) is 42.6 Å². The Morgan fingerprint density at radius 1 is 1.26 bits per heavy atom. The van der Waals surface area contributed by atoms with E-state index in [1.165, 1.54) is 0 Å². The van der Waals surface area contributed by atoms with Crippen LogP contribution >= 0.6 is 0 Å². The summed E-state index contributed by atoms with van der Waals surface area (Å²) in [6, 6.07) is 17.5. The van der Waals surface area contributed by atoms with Gasteiger partial charge in [-0.2, -0.15) is 5.26 Å². The second-order valence-corrected chi connectivity index (χ2v) is 6.27. The molecule has 7 nitrogen and oxygen atoms in total. The van der Waals surface area contributed by atoms with E-state index in [0.717, 1.165) is 29.2 Å². The van der Waals surface area contributed by atoms with E-state index in [4.69, 9.17) is 14.7 Å². The number of nitriles is 1. The van der Waals surface area contributed by atoms with Gasteiger partial charge in [0.15, 0.2) is 6.23 Å². The van der Waals surface area contributed by atoms with Gasteiger partial charge in [0.2, 0.25) is 0 Å². The highest BCUT2D eigenvalue weighted by Gasteiger charge is 2.29. The van der Waals surface area contributed by atoms with Crippen LogP contribution in [0.2, 0.25) is 0 Å². The minimum Gasteiger partial charge on any atom is -0.497 e. The van der Waals surface area contributed by atoms with Crippen molar-refractivity contribution in [1.82, 2.24) is 15.0 Å².